The van der Waals surface area contributed by atoms with E-state index in [0.717, 1.165) is 38.2 Å². The minimum Gasteiger partial charge on any atom is -0.481 e. The Bertz CT molecular complexity index is 1880. The first kappa shape index (κ1) is 32.1. The molecule has 0 aliphatic carbocycles. The highest BCUT2D eigenvalue weighted by Crippen LogP contribution is 2.31. The number of halogens is 1. The van der Waals surface area contributed by atoms with Gasteiger partial charge in [-0.15, -0.1) is 0 Å². The molecule has 234 valence electrons. The standard InChI is InChI=1S/C39H36FNO5/c1-26(36(31-17-19-35(40)20-18-31)12-6-7-27-13-15-29-8-2-4-10-32(29)21-27)41(37(42)23-34(39(45)46)24-38(43)44)25-28-14-16-30-9-3-5-11-33(30)22-28/h2-11,13-22,26,34,36H,12,23-25H2,1H3,(H,43,44)(H,45,46)/b7-6+. The van der Waals surface area contributed by atoms with Gasteiger partial charge < -0.3 is 15.1 Å². The lowest BCUT2D eigenvalue weighted by molar-refractivity contribution is -0.151. The van der Waals surface area contributed by atoms with E-state index in [1.807, 2.05) is 79.7 Å². The average molecular weight is 618 g/mol. The normalized spacial score (nSPS) is 13.4. The van der Waals surface area contributed by atoms with Gasteiger partial charge in [-0.1, -0.05) is 97.1 Å². The highest BCUT2D eigenvalue weighted by Gasteiger charge is 2.32. The van der Waals surface area contributed by atoms with Crippen molar-refractivity contribution in [1.29, 1.82) is 0 Å². The molecule has 5 aromatic carbocycles. The molecular weight excluding hydrogens is 581 g/mol. The molecule has 3 unspecified atom stereocenters. The van der Waals surface area contributed by atoms with Gasteiger partial charge in [0.2, 0.25) is 5.91 Å². The van der Waals surface area contributed by atoms with E-state index in [-0.39, 0.29) is 18.3 Å². The molecule has 6 nitrogen and oxygen atoms in total. The minimum absolute atomic E-state index is 0.191. The molecule has 0 spiro atoms. The number of fused-ring (bicyclic) bond motifs is 2. The second-order valence-corrected chi connectivity index (χ2v) is 11.7. The molecule has 0 saturated heterocycles. The van der Waals surface area contributed by atoms with Gasteiger partial charge in [-0.2, -0.15) is 0 Å². The van der Waals surface area contributed by atoms with E-state index in [0.29, 0.717) is 6.42 Å². The van der Waals surface area contributed by atoms with Gasteiger partial charge in [-0.3, -0.25) is 14.4 Å². The number of rotatable bonds is 13. The summed E-state index contributed by atoms with van der Waals surface area (Å²) < 4.78 is 14.0. The van der Waals surface area contributed by atoms with Crippen molar-refractivity contribution in [3.05, 3.63) is 138 Å². The predicted molar refractivity (Wildman–Crippen MR) is 179 cm³/mol. The number of amides is 1. The Morgan fingerprint density at radius 1 is 0.761 bits per heavy atom. The zero-order valence-electron chi connectivity index (χ0n) is 25.6. The maximum absolute atomic E-state index is 14.0. The largest absolute Gasteiger partial charge is 0.481 e. The Morgan fingerprint density at radius 3 is 2.00 bits per heavy atom. The van der Waals surface area contributed by atoms with Crippen LogP contribution in [0.3, 0.4) is 0 Å². The molecule has 7 heteroatoms. The molecule has 0 heterocycles. The van der Waals surface area contributed by atoms with E-state index >= 15 is 0 Å². The first-order valence-corrected chi connectivity index (χ1v) is 15.3. The van der Waals surface area contributed by atoms with Crippen molar-refractivity contribution in [3.8, 4) is 0 Å². The Labute approximate surface area is 267 Å². The summed E-state index contributed by atoms with van der Waals surface area (Å²) >= 11 is 0. The van der Waals surface area contributed by atoms with Crippen molar-refractivity contribution in [3.63, 3.8) is 0 Å². The Morgan fingerprint density at radius 2 is 1.37 bits per heavy atom. The average Bonchev–Trinajstić information content (AvgIpc) is 3.05. The lowest BCUT2D eigenvalue weighted by atomic mass is 9.87. The predicted octanol–water partition coefficient (Wildman–Crippen LogP) is 8.30. The summed E-state index contributed by atoms with van der Waals surface area (Å²) in [5, 5.41) is 23.3. The summed E-state index contributed by atoms with van der Waals surface area (Å²) in [5.41, 5.74) is 2.70. The van der Waals surface area contributed by atoms with Gasteiger partial charge in [-0.25, -0.2) is 4.39 Å². The van der Waals surface area contributed by atoms with Crippen molar-refractivity contribution in [2.24, 2.45) is 5.92 Å². The quantitative estimate of drug-likeness (QED) is 0.139. The van der Waals surface area contributed by atoms with Crippen LogP contribution in [0, 0.1) is 11.7 Å². The van der Waals surface area contributed by atoms with Crippen molar-refractivity contribution in [1.82, 2.24) is 4.90 Å². The molecule has 5 aromatic rings. The van der Waals surface area contributed by atoms with E-state index in [1.54, 1.807) is 17.0 Å². The summed E-state index contributed by atoms with van der Waals surface area (Å²) in [6.45, 7) is 2.10. The third-order valence-electron chi connectivity index (χ3n) is 8.52. The van der Waals surface area contributed by atoms with Crippen LogP contribution < -0.4 is 0 Å². The fourth-order valence-electron chi connectivity index (χ4n) is 5.98. The van der Waals surface area contributed by atoms with E-state index in [1.165, 1.54) is 12.1 Å². The maximum Gasteiger partial charge on any atom is 0.307 e. The Kier molecular flexibility index (Phi) is 10.2. The minimum atomic E-state index is -1.37. The molecule has 0 aliphatic rings. The summed E-state index contributed by atoms with van der Waals surface area (Å²) in [4.78, 5) is 38.9. The van der Waals surface area contributed by atoms with Crippen LogP contribution in [-0.2, 0) is 20.9 Å². The van der Waals surface area contributed by atoms with Crippen molar-refractivity contribution in [2.45, 2.75) is 44.7 Å². The van der Waals surface area contributed by atoms with E-state index in [2.05, 4.69) is 24.3 Å². The number of hydrogen-bond donors (Lipinski definition) is 2. The van der Waals surface area contributed by atoms with E-state index in [4.69, 9.17) is 0 Å². The monoisotopic (exact) mass is 617 g/mol. The Balaban J connectivity index is 1.48. The summed E-state index contributed by atoms with van der Waals surface area (Å²) in [6.07, 6.45) is 3.46. The fourth-order valence-corrected chi connectivity index (χ4v) is 5.98. The molecule has 0 fully saturated rings. The number of carboxylic acids is 2. The SMILES string of the molecule is CC(C(C/C=C/c1ccc2ccccc2c1)c1ccc(F)cc1)N(Cc1ccc2ccccc2c1)C(=O)CC(CC(=O)O)C(=O)O. The molecule has 0 bridgehead atoms. The molecule has 0 aliphatic heterocycles. The number of carbonyl (C=O) groups is 3. The van der Waals surface area contributed by atoms with Crippen molar-refractivity contribution >= 4 is 45.5 Å². The van der Waals surface area contributed by atoms with Crippen LogP contribution in [-0.4, -0.2) is 39.0 Å². The third-order valence-corrected chi connectivity index (χ3v) is 8.52. The van der Waals surface area contributed by atoms with Crippen LogP contribution in [0.15, 0.2) is 115 Å². The van der Waals surface area contributed by atoms with Gasteiger partial charge >= 0.3 is 11.9 Å². The summed E-state index contributed by atoms with van der Waals surface area (Å²) in [6, 6.07) is 33.9. The first-order chi connectivity index (χ1) is 22.2. The highest BCUT2D eigenvalue weighted by molar-refractivity contribution is 5.86. The summed E-state index contributed by atoms with van der Waals surface area (Å²) in [5.74, 6) is -5.08. The number of hydrogen-bond acceptors (Lipinski definition) is 3. The second kappa shape index (κ2) is 14.7. The topological polar surface area (TPSA) is 94.9 Å². The van der Waals surface area contributed by atoms with Crippen LogP contribution >= 0.6 is 0 Å². The van der Waals surface area contributed by atoms with Crippen molar-refractivity contribution < 1.29 is 29.0 Å². The molecule has 3 atom stereocenters. The highest BCUT2D eigenvalue weighted by atomic mass is 19.1. The molecule has 0 aromatic heterocycles. The van der Waals surface area contributed by atoms with Crippen LogP contribution in [0.4, 0.5) is 4.39 Å². The molecule has 0 radical (unpaired) electrons. The Hall–Kier alpha value is -5.30. The molecule has 2 N–H and O–H groups in total. The molecule has 0 saturated carbocycles. The van der Waals surface area contributed by atoms with Crippen molar-refractivity contribution in [2.75, 3.05) is 0 Å². The third kappa shape index (κ3) is 8.04. The zero-order chi connectivity index (χ0) is 32.6. The maximum atomic E-state index is 14.0. The number of benzene rings is 5. The van der Waals surface area contributed by atoms with Gasteiger partial charge in [0.1, 0.15) is 5.82 Å². The van der Waals surface area contributed by atoms with E-state index < -0.39 is 42.6 Å². The molecule has 1 amide bonds. The van der Waals surface area contributed by atoms with Crippen LogP contribution in [0.2, 0.25) is 0 Å². The number of carbonyl (C=O) groups excluding carboxylic acids is 1. The first-order valence-electron chi connectivity index (χ1n) is 15.3. The van der Waals surface area contributed by atoms with Crippen LogP contribution in [0.25, 0.3) is 27.6 Å². The smallest absolute Gasteiger partial charge is 0.307 e. The van der Waals surface area contributed by atoms with Crippen LogP contribution in [0.5, 0.6) is 0 Å². The van der Waals surface area contributed by atoms with Gasteiger partial charge in [0, 0.05) is 24.9 Å². The number of nitrogens with zero attached hydrogens (tertiary/aromatic N) is 1. The second-order valence-electron chi connectivity index (χ2n) is 11.7. The number of carboxylic acid groups (broad SMARTS) is 2. The molecule has 5 rings (SSSR count). The molecule has 46 heavy (non-hydrogen) atoms. The van der Waals surface area contributed by atoms with Gasteiger partial charge in [-0.05, 0) is 75.8 Å². The lowest BCUT2D eigenvalue weighted by Gasteiger charge is -2.36. The van der Waals surface area contributed by atoms with Gasteiger partial charge in [0.25, 0.3) is 0 Å². The van der Waals surface area contributed by atoms with Gasteiger partial charge in [0.15, 0.2) is 0 Å². The van der Waals surface area contributed by atoms with E-state index in [9.17, 15) is 29.0 Å². The summed E-state index contributed by atoms with van der Waals surface area (Å²) in [7, 11) is 0. The zero-order valence-corrected chi connectivity index (χ0v) is 25.6. The van der Waals surface area contributed by atoms with Gasteiger partial charge in [0.05, 0.1) is 12.3 Å². The molecular formula is C39H36FNO5. The van der Waals surface area contributed by atoms with Crippen LogP contribution in [0.1, 0.15) is 48.8 Å². The number of aliphatic carboxylic acids is 2. The fraction of sp³-hybridized carbons (Fsp3) is 0.205. The lowest BCUT2D eigenvalue weighted by Crippen LogP contribution is -2.43. The number of allylic oxidation sites excluding steroid dienone is 1.